The van der Waals surface area contributed by atoms with E-state index in [4.69, 9.17) is 16.6 Å². The second kappa shape index (κ2) is 11.1. The van der Waals surface area contributed by atoms with Crippen LogP contribution in [0.4, 0.5) is 38.1 Å². The summed E-state index contributed by atoms with van der Waals surface area (Å²) in [6.45, 7) is 1.62. The van der Waals surface area contributed by atoms with E-state index in [1.807, 2.05) is 31.2 Å². The summed E-state index contributed by atoms with van der Waals surface area (Å²) in [6, 6.07) is 9.49. The Morgan fingerprint density at radius 2 is 1.53 bits per heavy atom. The number of pyridine rings is 1. The molecule has 2 aromatic heterocycles. The van der Waals surface area contributed by atoms with Crippen molar-refractivity contribution in [1.29, 1.82) is 0 Å². The molecule has 2 heterocycles. The van der Waals surface area contributed by atoms with E-state index in [9.17, 15) is 26.3 Å². The summed E-state index contributed by atoms with van der Waals surface area (Å²) in [6.07, 6.45) is -4.30. The van der Waals surface area contributed by atoms with Crippen LogP contribution in [-0.4, -0.2) is 26.0 Å². The number of rotatable bonds is 9. The fraction of sp³-hybridized carbons (Fsp3) is 0.400. The molecule has 0 bridgehead atoms. The largest absolute Gasteiger partial charge is 0.416 e. The van der Waals surface area contributed by atoms with Crippen LogP contribution in [0.3, 0.4) is 0 Å². The summed E-state index contributed by atoms with van der Waals surface area (Å²) in [5, 5.41) is 4.35. The van der Waals surface area contributed by atoms with Crippen LogP contribution < -0.4 is 10.2 Å². The Morgan fingerprint density at radius 1 is 0.884 bits per heavy atom. The molecule has 0 radical (unpaired) electrons. The van der Waals surface area contributed by atoms with E-state index < -0.39 is 23.5 Å². The van der Waals surface area contributed by atoms with Crippen LogP contribution in [0.1, 0.15) is 53.5 Å². The Kier molecular flexibility index (Phi) is 7.60. The third-order valence-electron chi connectivity index (χ3n) is 7.88. The first-order valence-electron chi connectivity index (χ1n) is 13.9. The molecule has 1 N–H and O–H groups in total. The van der Waals surface area contributed by atoms with E-state index in [1.165, 1.54) is 4.90 Å². The Hall–Kier alpha value is -3.67. The van der Waals surface area contributed by atoms with Crippen LogP contribution in [0.25, 0.3) is 10.9 Å². The zero-order valence-corrected chi connectivity index (χ0v) is 23.7. The van der Waals surface area contributed by atoms with Gasteiger partial charge >= 0.3 is 12.4 Å². The highest BCUT2D eigenvalue weighted by Crippen LogP contribution is 2.46. The predicted molar refractivity (Wildman–Crippen MR) is 151 cm³/mol. The topological polar surface area (TPSA) is 66.8 Å². The third-order valence-corrected chi connectivity index (χ3v) is 8.07. The molecule has 0 atom stereocenters. The van der Waals surface area contributed by atoms with Crippen molar-refractivity contribution in [3.05, 3.63) is 81.9 Å². The van der Waals surface area contributed by atoms with Crippen molar-refractivity contribution in [2.45, 2.75) is 64.1 Å². The number of anilines is 2. The van der Waals surface area contributed by atoms with Gasteiger partial charge in [0.2, 0.25) is 11.2 Å². The number of aromatic nitrogens is 4. The summed E-state index contributed by atoms with van der Waals surface area (Å²) in [5.74, 6) is 1.70. The van der Waals surface area contributed by atoms with E-state index in [0.29, 0.717) is 35.3 Å². The normalized spacial score (nSPS) is 15.7. The predicted octanol–water partition coefficient (Wildman–Crippen LogP) is 8.23. The molecule has 2 aromatic carbocycles. The molecule has 2 saturated carbocycles. The summed E-state index contributed by atoms with van der Waals surface area (Å²) in [4.78, 5) is 18.5. The second-order valence-corrected chi connectivity index (χ2v) is 11.7. The van der Waals surface area contributed by atoms with Crippen LogP contribution in [0.2, 0.25) is 5.28 Å². The van der Waals surface area contributed by atoms with Crippen LogP contribution >= 0.6 is 11.6 Å². The van der Waals surface area contributed by atoms with Gasteiger partial charge in [0.1, 0.15) is 12.1 Å². The molecule has 6 rings (SSSR count). The highest BCUT2D eigenvalue weighted by molar-refractivity contribution is 6.28. The van der Waals surface area contributed by atoms with Crippen molar-refractivity contribution >= 4 is 34.3 Å². The second-order valence-electron chi connectivity index (χ2n) is 11.3. The van der Waals surface area contributed by atoms with Crippen molar-refractivity contribution in [1.82, 2.24) is 19.9 Å². The molecular formula is C30H27ClF6N6. The van der Waals surface area contributed by atoms with Gasteiger partial charge in [-0.2, -0.15) is 31.3 Å². The highest BCUT2D eigenvalue weighted by atomic mass is 35.5. The number of hydrogen-bond donors (Lipinski definition) is 1. The van der Waals surface area contributed by atoms with Crippen molar-refractivity contribution in [2.75, 3.05) is 10.2 Å². The monoisotopic (exact) mass is 620 g/mol. The van der Waals surface area contributed by atoms with Gasteiger partial charge in [-0.3, -0.25) is 0 Å². The first-order valence-corrected chi connectivity index (χ1v) is 14.3. The van der Waals surface area contributed by atoms with Crippen molar-refractivity contribution in [3.63, 3.8) is 0 Å². The molecule has 0 spiro atoms. The first kappa shape index (κ1) is 29.4. The zero-order chi connectivity index (χ0) is 30.5. The van der Waals surface area contributed by atoms with Crippen LogP contribution in [0, 0.1) is 18.8 Å². The minimum atomic E-state index is -4.98. The molecule has 43 heavy (non-hydrogen) atoms. The minimum Gasteiger partial charge on any atom is -0.366 e. The maximum atomic E-state index is 13.6. The number of alkyl halides is 6. The van der Waals surface area contributed by atoms with Crippen LogP contribution in [0.5, 0.6) is 0 Å². The van der Waals surface area contributed by atoms with Gasteiger partial charge in [0.25, 0.3) is 0 Å². The minimum absolute atomic E-state index is 0.00203. The lowest BCUT2D eigenvalue weighted by molar-refractivity contribution is -0.143. The highest BCUT2D eigenvalue weighted by Gasteiger charge is 2.42. The van der Waals surface area contributed by atoms with Crippen molar-refractivity contribution < 1.29 is 26.3 Å². The van der Waals surface area contributed by atoms with E-state index >= 15 is 0 Å². The molecule has 0 saturated heterocycles. The van der Waals surface area contributed by atoms with Crippen molar-refractivity contribution in [3.8, 4) is 0 Å². The van der Waals surface area contributed by atoms with Gasteiger partial charge in [-0.1, -0.05) is 18.2 Å². The fourth-order valence-electron chi connectivity index (χ4n) is 5.48. The molecule has 13 heteroatoms. The summed E-state index contributed by atoms with van der Waals surface area (Å²) >= 11 is 6.03. The van der Waals surface area contributed by atoms with Gasteiger partial charge in [0, 0.05) is 30.1 Å². The lowest BCUT2D eigenvalue weighted by Crippen LogP contribution is -2.28. The van der Waals surface area contributed by atoms with Gasteiger partial charge in [-0.15, -0.1) is 0 Å². The number of aryl methyl sites for hydroxylation is 1. The number of nitrogens with one attached hydrogen (secondary N) is 1. The molecule has 2 fully saturated rings. The Bertz CT molecular complexity index is 1610. The molecule has 2 aliphatic carbocycles. The fourth-order valence-corrected chi connectivity index (χ4v) is 5.60. The number of fused-ring (bicyclic) bond motifs is 1. The molecule has 6 nitrogen and oxygen atoms in total. The molecule has 4 aromatic rings. The average molecular weight is 621 g/mol. The molecule has 2 aliphatic rings. The number of hydrogen-bond acceptors (Lipinski definition) is 6. The maximum absolute atomic E-state index is 13.6. The van der Waals surface area contributed by atoms with Crippen LogP contribution in [0.15, 0.2) is 48.8 Å². The SMILES string of the molecule is Cc1cccc2cc(CN(Cc3cc(C(F)(F)F)cc(C(F)(F)F)c3)c3ncnc(Cl)n3)c(NC(C3CC3)C3CC3)nc12. The number of para-hydroxylation sites is 1. The van der Waals surface area contributed by atoms with Gasteiger partial charge in [-0.25, -0.2) is 15.0 Å². The third kappa shape index (κ3) is 6.79. The van der Waals surface area contributed by atoms with Gasteiger partial charge in [0.05, 0.1) is 16.6 Å². The molecule has 0 unspecified atom stereocenters. The van der Waals surface area contributed by atoms with Gasteiger partial charge < -0.3 is 10.2 Å². The quantitative estimate of drug-likeness (QED) is 0.190. The van der Waals surface area contributed by atoms with Gasteiger partial charge in [0.15, 0.2) is 0 Å². The molecule has 0 aliphatic heterocycles. The lowest BCUT2D eigenvalue weighted by Gasteiger charge is -2.27. The van der Waals surface area contributed by atoms with Crippen LogP contribution in [-0.2, 0) is 25.4 Å². The first-order chi connectivity index (χ1) is 20.3. The average Bonchev–Trinajstić information content (AvgIpc) is 3.85. The molecule has 226 valence electrons. The number of nitrogens with zero attached hydrogens (tertiary/aromatic N) is 5. The standard InChI is InChI=1S/C30H27ClF6N6/c1-16-3-2-4-20-11-21(26(40-24(16)20)41-25(18-5-6-18)19-7-8-19)14-43(28-39-15-38-27(31)42-28)13-17-9-22(29(32,33)34)12-23(10-17)30(35,36)37/h2-4,9-12,15,18-19,25H,5-8,13-14H2,1H3,(H,40,41). The van der Waals surface area contributed by atoms with E-state index in [2.05, 4.69) is 20.3 Å². The maximum Gasteiger partial charge on any atom is 0.416 e. The smallest absolute Gasteiger partial charge is 0.366 e. The molecule has 0 amide bonds. The van der Waals surface area contributed by atoms with E-state index in [0.717, 1.165) is 48.5 Å². The zero-order valence-electron chi connectivity index (χ0n) is 23.0. The van der Waals surface area contributed by atoms with Crippen molar-refractivity contribution in [2.24, 2.45) is 11.8 Å². The Balaban J connectivity index is 1.43. The summed E-state index contributed by atoms with van der Waals surface area (Å²) < 4.78 is 81.9. The molecular weight excluding hydrogens is 594 g/mol. The lowest BCUT2D eigenvalue weighted by atomic mass is 10.0. The Labute approximate surface area is 248 Å². The number of halogens is 7. The Morgan fingerprint density at radius 3 is 2.12 bits per heavy atom. The van der Waals surface area contributed by atoms with E-state index in [1.54, 1.807) is 0 Å². The van der Waals surface area contributed by atoms with Gasteiger partial charge in [-0.05, 0) is 91.4 Å². The number of benzene rings is 2. The summed E-state index contributed by atoms with van der Waals surface area (Å²) in [5.41, 5.74) is -0.524. The van der Waals surface area contributed by atoms with E-state index in [-0.39, 0.29) is 42.0 Å². The summed E-state index contributed by atoms with van der Waals surface area (Å²) in [7, 11) is 0.